The zero-order chi connectivity index (χ0) is 23.5. The molecular weight excluding hydrogens is 436 g/mol. The number of hydrogen-bond acceptors (Lipinski definition) is 7. The number of hydrogen-bond donors (Lipinski definition) is 1. The van der Waals surface area contributed by atoms with Crippen molar-refractivity contribution in [2.45, 2.75) is 19.8 Å². The van der Waals surface area contributed by atoms with Crippen LogP contribution in [-0.4, -0.2) is 29.3 Å². The maximum absolute atomic E-state index is 12.4. The van der Waals surface area contributed by atoms with Gasteiger partial charge in [0.1, 0.15) is 41.4 Å². The highest BCUT2D eigenvalue weighted by Crippen LogP contribution is 2.20. The molecule has 0 fully saturated rings. The molecule has 0 aliphatic rings. The Morgan fingerprint density at radius 2 is 1.91 bits per heavy atom. The van der Waals surface area contributed by atoms with Crippen molar-refractivity contribution in [2.24, 2.45) is 0 Å². The van der Waals surface area contributed by atoms with Crippen molar-refractivity contribution in [3.05, 3.63) is 82.9 Å². The summed E-state index contributed by atoms with van der Waals surface area (Å²) in [4.78, 5) is 12.4. The van der Waals surface area contributed by atoms with Gasteiger partial charge in [-0.1, -0.05) is 54.7 Å². The third-order valence-corrected chi connectivity index (χ3v) is 5.48. The summed E-state index contributed by atoms with van der Waals surface area (Å²) in [6.07, 6.45) is 4.84. The van der Waals surface area contributed by atoms with Crippen molar-refractivity contribution in [3.63, 3.8) is 0 Å². The first kappa shape index (κ1) is 23.7. The summed E-state index contributed by atoms with van der Waals surface area (Å²) in [5.41, 5.74) is 1.76. The molecule has 1 amide bonds. The summed E-state index contributed by atoms with van der Waals surface area (Å²) in [5, 5.41) is 21.0. The van der Waals surface area contributed by atoms with Crippen LogP contribution >= 0.6 is 11.3 Å². The maximum Gasteiger partial charge on any atom is 0.268 e. The number of allylic oxidation sites excluding steroid dienone is 1. The van der Waals surface area contributed by atoms with E-state index in [-0.39, 0.29) is 5.57 Å². The van der Waals surface area contributed by atoms with E-state index in [4.69, 9.17) is 9.47 Å². The van der Waals surface area contributed by atoms with Crippen molar-refractivity contribution in [1.82, 2.24) is 10.2 Å². The summed E-state index contributed by atoms with van der Waals surface area (Å²) in [5.74, 6) is 0.966. The first-order valence-electron chi connectivity index (χ1n) is 10.4. The molecule has 7 nitrogen and oxygen atoms in total. The monoisotopic (exact) mass is 460 g/mol. The highest BCUT2D eigenvalue weighted by molar-refractivity contribution is 7.15. The minimum Gasteiger partial charge on any atom is -0.490 e. The standard InChI is InChI=1S/C25H24N4O3S/c1-3-7-19-8-5-6-9-22(19)32-15-14-31-21-12-10-18(11-13-21)16-20(17-26)24(30)27-25-29-28-23(4-2)33-25/h3,5-6,8-13,16H,1,4,7,14-15H2,2H3,(H,27,29,30). The van der Waals surface area contributed by atoms with Gasteiger partial charge in [-0.2, -0.15) is 5.26 Å². The number of nitriles is 1. The molecule has 3 rings (SSSR count). The van der Waals surface area contributed by atoms with Gasteiger partial charge >= 0.3 is 0 Å². The Morgan fingerprint density at radius 1 is 1.15 bits per heavy atom. The van der Waals surface area contributed by atoms with Gasteiger partial charge in [-0.3, -0.25) is 10.1 Å². The number of nitrogens with one attached hydrogen (secondary N) is 1. The molecule has 0 saturated carbocycles. The Hall–Kier alpha value is -3.96. The number of nitrogens with zero attached hydrogens (tertiary/aromatic N) is 3. The number of anilines is 1. The summed E-state index contributed by atoms with van der Waals surface area (Å²) < 4.78 is 11.5. The molecule has 1 heterocycles. The van der Waals surface area contributed by atoms with Crippen molar-refractivity contribution in [3.8, 4) is 17.6 Å². The third kappa shape index (κ3) is 7.02. The molecular formula is C25H24N4O3S. The van der Waals surface area contributed by atoms with E-state index < -0.39 is 5.91 Å². The predicted octanol–water partition coefficient (Wildman–Crippen LogP) is 4.83. The molecule has 0 aliphatic heterocycles. The van der Waals surface area contributed by atoms with Gasteiger partial charge in [0.05, 0.1) is 0 Å². The average Bonchev–Trinajstić information content (AvgIpc) is 3.29. The fourth-order valence-corrected chi connectivity index (χ4v) is 3.54. The Balaban J connectivity index is 1.52. The van der Waals surface area contributed by atoms with E-state index in [1.807, 2.05) is 43.3 Å². The topological polar surface area (TPSA) is 97.1 Å². The van der Waals surface area contributed by atoms with Crippen LogP contribution in [0.5, 0.6) is 11.5 Å². The number of benzene rings is 2. The number of ether oxygens (including phenoxy) is 2. The molecule has 0 spiro atoms. The maximum atomic E-state index is 12.4. The number of amides is 1. The molecule has 168 valence electrons. The zero-order valence-corrected chi connectivity index (χ0v) is 19.1. The van der Waals surface area contributed by atoms with Crippen LogP contribution < -0.4 is 14.8 Å². The first-order valence-corrected chi connectivity index (χ1v) is 11.2. The molecule has 3 aromatic rings. The summed E-state index contributed by atoms with van der Waals surface area (Å²) >= 11 is 1.29. The van der Waals surface area contributed by atoms with Crippen LogP contribution in [0.3, 0.4) is 0 Å². The van der Waals surface area contributed by atoms with E-state index in [0.717, 1.165) is 29.2 Å². The van der Waals surface area contributed by atoms with Crippen LogP contribution in [0, 0.1) is 11.3 Å². The molecule has 1 N–H and O–H groups in total. The summed E-state index contributed by atoms with van der Waals surface area (Å²) in [6, 6.07) is 16.9. The molecule has 0 aliphatic carbocycles. The van der Waals surface area contributed by atoms with E-state index >= 15 is 0 Å². The Kier molecular flexibility index (Phi) is 8.74. The largest absolute Gasteiger partial charge is 0.490 e. The third-order valence-electron chi connectivity index (χ3n) is 4.49. The van der Waals surface area contributed by atoms with Gasteiger partial charge in [0, 0.05) is 0 Å². The minimum absolute atomic E-state index is 0.0245. The number of para-hydroxylation sites is 1. The van der Waals surface area contributed by atoms with Crippen LogP contribution in [0.15, 0.2) is 66.8 Å². The van der Waals surface area contributed by atoms with E-state index in [1.54, 1.807) is 24.3 Å². The van der Waals surface area contributed by atoms with Crippen LogP contribution in [0.4, 0.5) is 5.13 Å². The lowest BCUT2D eigenvalue weighted by Crippen LogP contribution is -2.13. The van der Waals surface area contributed by atoms with Crippen molar-refractivity contribution in [1.29, 1.82) is 5.26 Å². The van der Waals surface area contributed by atoms with E-state index in [9.17, 15) is 10.1 Å². The van der Waals surface area contributed by atoms with Gasteiger partial charge in [0.2, 0.25) is 5.13 Å². The lowest BCUT2D eigenvalue weighted by Gasteiger charge is -2.11. The van der Waals surface area contributed by atoms with Gasteiger partial charge < -0.3 is 9.47 Å². The second-order valence-electron chi connectivity index (χ2n) is 6.84. The Morgan fingerprint density at radius 3 is 2.61 bits per heavy atom. The quantitative estimate of drug-likeness (QED) is 0.190. The lowest BCUT2D eigenvalue weighted by molar-refractivity contribution is -0.112. The van der Waals surface area contributed by atoms with E-state index in [2.05, 4.69) is 22.1 Å². The van der Waals surface area contributed by atoms with Crippen LogP contribution in [0.25, 0.3) is 6.08 Å². The highest BCUT2D eigenvalue weighted by atomic mass is 32.1. The molecule has 0 radical (unpaired) electrons. The van der Waals surface area contributed by atoms with Gasteiger partial charge in [0.15, 0.2) is 0 Å². The smallest absolute Gasteiger partial charge is 0.268 e. The lowest BCUT2D eigenvalue weighted by atomic mass is 10.1. The highest BCUT2D eigenvalue weighted by Gasteiger charge is 2.12. The van der Waals surface area contributed by atoms with Crippen LogP contribution in [-0.2, 0) is 17.6 Å². The second-order valence-corrected chi connectivity index (χ2v) is 7.91. The predicted molar refractivity (Wildman–Crippen MR) is 129 cm³/mol. The molecule has 0 unspecified atom stereocenters. The van der Waals surface area contributed by atoms with Gasteiger partial charge in [-0.05, 0) is 48.2 Å². The Bertz CT molecular complexity index is 1160. The summed E-state index contributed by atoms with van der Waals surface area (Å²) in [6.45, 7) is 6.50. The number of carbonyl (C=O) groups excluding carboxylic acids is 1. The number of carbonyl (C=O) groups is 1. The van der Waals surface area contributed by atoms with Gasteiger partial charge in [-0.15, -0.1) is 16.8 Å². The SMILES string of the molecule is C=CCc1ccccc1OCCOc1ccc(C=C(C#N)C(=O)Nc2nnc(CC)s2)cc1. The molecule has 33 heavy (non-hydrogen) atoms. The van der Waals surface area contributed by atoms with Crippen molar-refractivity contribution < 1.29 is 14.3 Å². The molecule has 8 heteroatoms. The second kappa shape index (κ2) is 12.2. The molecule has 2 aromatic carbocycles. The van der Waals surface area contributed by atoms with Gasteiger partial charge in [0.25, 0.3) is 5.91 Å². The zero-order valence-electron chi connectivity index (χ0n) is 18.3. The van der Waals surface area contributed by atoms with Gasteiger partial charge in [-0.25, -0.2) is 0 Å². The fourth-order valence-electron chi connectivity index (χ4n) is 2.87. The normalized spacial score (nSPS) is 10.8. The number of aryl methyl sites for hydroxylation is 1. The Labute approximate surface area is 197 Å². The van der Waals surface area contributed by atoms with Crippen molar-refractivity contribution in [2.75, 3.05) is 18.5 Å². The summed E-state index contributed by atoms with van der Waals surface area (Å²) in [7, 11) is 0. The fraction of sp³-hybridized carbons (Fsp3) is 0.200. The van der Waals surface area contributed by atoms with E-state index in [1.165, 1.54) is 17.4 Å². The number of rotatable bonds is 11. The van der Waals surface area contributed by atoms with Crippen molar-refractivity contribution >= 4 is 28.5 Å². The minimum atomic E-state index is -0.523. The average molecular weight is 461 g/mol. The molecule has 1 aromatic heterocycles. The van der Waals surface area contributed by atoms with Crippen LogP contribution in [0.1, 0.15) is 23.1 Å². The molecule has 0 saturated heterocycles. The first-order chi connectivity index (χ1) is 16.1. The molecule has 0 bridgehead atoms. The molecule has 0 atom stereocenters. The van der Waals surface area contributed by atoms with Crippen LogP contribution in [0.2, 0.25) is 0 Å². The number of aromatic nitrogens is 2. The van der Waals surface area contributed by atoms with E-state index in [0.29, 0.717) is 29.7 Å².